The van der Waals surface area contributed by atoms with Gasteiger partial charge in [-0.2, -0.15) is 5.10 Å². The zero-order valence-corrected chi connectivity index (χ0v) is 12.0. The van der Waals surface area contributed by atoms with Crippen molar-refractivity contribution in [3.8, 4) is 5.75 Å². The van der Waals surface area contributed by atoms with Crippen LogP contribution in [0.15, 0.2) is 53.6 Å². The second-order valence-corrected chi connectivity index (χ2v) is 4.66. The van der Waals surface area contributed by atoms with E-state index in [9.17, 15) is 14.7 Å². The van der Waals surface area contributed by atoms with Gasteiger partial charge in [0, 0.05) is 16.3 Å². The number of amides is 2. The van der Waals surface area contributed by atoms with Crippen LogP contribution >= 0.6 is 11.6 Å². The number of nitrogens with one attached hydrogen (secondary N) is 2. The van der Waals surface area contributed by atoms with Crippen LogP contribution in [0, 0.1) is 0 Å². The zero-order valence-electron chi connectivity index (χ0n) is 11.3. The predicted octanol–water partition coefficient (Wildman–Crippen LogP) is 2.13. The van der Waals surface area contributed by atoms with Crippen LogP contribution in [-0.2, 0) is 9.59 Å². The second-order valence-electron chi connectivity index (χ2n) is 4.22. The van der Waals surface area contributed by atoms with Crippen molar-refractivity contribution in [3.05, 3.63) is 59.1 Å². The molecule has 0 aromatic heterocycles. The Morgan fingerprint density at radius 1 is 1.09 bits per heavy atom. The van der Waals surface area contributed by atoms with Gasteiger partial charge in [0.1, 0.15) is 5.75 Å². The highest BCUT2D eigenvalue weighted by atomic mass is 35.5. The molecule has 0 fully saturated rings. The molecule has 0 unspecified atom stereocenters. The minimum atomic E-state index is -0.938. The summed E-state index contributed by atoms with van der Waals surface area (Å²) in [5, 5.41) is 15.9. The van der Waals surface area contributed by atoms with Gasteiger partial charge in [0.25, 0.3) is 0 Å². The van der Waals surface area contributed by atoms with Crippen LogP contribution in [0.4, 0.5) is 5.69 Å². The quantitative estimate of drug-likeness (QED) is 0.460. The largest absolute Gasteiger partial charge is 0.507 e. The molecule has 7 heteroatoms. The van der Waals surface area contributed by atoms with Crippen LogP contribution in [0.2, 0.25) is 5.02 Å². The van der Waals surface area contributed by atoms with Crippen molar-refractivity contribution in [1.29, 1.82) is 0 Å². The number of phenolic OH excluding ortho intramolecular Hbond substituents is 1. The van der Waals surface area contributed by atoms with Gasteiger partial charge < -0.3 is 10.4 Å². The van der Waals surface area contributed by atoms with Gasteiger partial charge in [0.05, 0.1) is 6.21 Å². The highest BCUT2D eigenvalue weighted by Crippen LogP contribution is 2.14. The van der Waals surface area contributed by atoms with Crippen LogP contribution in [0.25, 0.3) is 0 Å². The number of phenols is 1. The third-order valence-corrected chi connectivity index (χ3v) is 2.83. The number of aromatic hydroxyl groups is 1. The Morgan fingerprint density at radius 3 is 2.59 bits per heavy atom. The standard InChI is InChI=1S/C15H12ClN3O3/c16-11-5-3-6-12(8-11)18-14(21)15(22)19-17-9-10-4-1-2-7-13(10)20/h1-9,20H,(H,18,21)(H,19,22)/b17-9-. The van der Waals surface area contributed by atoms with Crippen molar-refractivity contribution in [2.24, 2.45) is 5.10 Å². The summed E-state index contributed by atoms with van der Waals surface area (Å²) in [5.74, 6) is -1.80. The first kappa shape index (κ1) is 15.5. The number of hydrazone groups is 1. The smallest absolute Gasteiger partial charge is 0.329 e. The summed E-state index contributed by atoms with van der Waals surface area (Å²) >= 11 is 5.78. The first-order valence-corrected chi connectivity index (χ1v) is 6.62. The van der Waals surface area contributed by atoms with E-state index in [1.165, 1.54) is 18.3 Å². The van der Waals surface area contributed by atoms with Gasteiger partial charge in [-0.3, -0.25) is 9.59 Å². The molecule has 112 valence electrons. The van der Waals surface area contributed by atoms with Gasteiger partial charge in [0.2, 0.25) is 0 Å². The summed E-state index contributed by atoms with van der Waals surface area (Å²) in [4.78, 5) is 23.2. The molecule has 0 aliphatic carbocycles. The summed E-state index contributed by atoms with van der Waals surface area (Å²) < 4.78 is 0. The van der Waals surface area contributed by atoms with Crippen molar-refractivity contribution in [2.45, 2.75) is 0 Å². The molecule has 0 saturated carbocycles. The lowest BCUT2D eigenvalue weighted by Gasteiger charge is -2.04. The average Bonchev–Trinajstić information content (AvgIpc) is 2.49. The molecular formula is C15H12ClN3O3. The molecule has 0 bridgehead atoms. The van der Waals surface area contributed by atoms with E-state index in [1.807, 2.05) is 0 Å². The van der Waals surface area contributed by atoms with Crippen molar-refractivity contribution in [3.63, 3.8) is 0 Å². The summed E-state index contributed by atoms with van der Waals surface area (Å²) in [6.45, 7) is 0. The third-order valence-electron chi connectivity index (χ3n) is 2.60. The van der Waals surface area contributed by atoms with Crippen molar-refractivity contribution < 1.29 is 14.7 Å². The summed E-state index contributed by atoms with van der Waals surface area (Å²) in [6, 6.07) is 12.9. The van der Waals surface area contributed by atoms with Crippen molar-refractivity contribution in [1.82, 2.24) is 5.43 Å². The van der Waals surface area contributed by atoms with E-state index in [-0.39, 0.29) is 5.75 Å². The Morgan fingerprint density at radius 2 is 1.86 bits per heavy atom. The number of hydrogen-bond acceptors (Lipinski definition) is 4. The second kappa shape index (κ2) is 7.24. The van der Waals surface area contributed by atoms with E-state index >= 15 is 0 Å². The molecule has 22 heavy (non-hydrogen) atoms. The highest BCUT2D eigenvalue weighted by Gasteiger charge is 2.12. The fourth-order valence-corrected chi connectivity index (χ4v) is 1.75. The topological polar surface area (TPSA) is 90.8 Å². The number of nitrogens with zero attached hydrogens (tertiary/aromatic N) is 1. The maximum Gasteiger partial charge on any atom is 0.329 e. The molecule has 0 aliphatic heterocycles. The number of halogens is 1. The van der Waals surface area contributed by atoms with Crippen molar-refractivity contribution in [2.75, 3.05) is 5.32 Å². The maximum atomic E-state index is 11.6. The highest BCUT2D eigenvalue weighted by molar-refractivity contribution is 6.39. The van der Waals surface area contributed by atoms with E-state index in [0.717, 1.165) is 0 Å². The molecule has 3 N–H and O–H groups in total. The molecule has 2 aromatic rings. The minimum absolute atomic E-state index is 0.0175. The van der Waals surface area contributed by atoms with Crippen LogP contribution in [0.5, 0.6) is 5.75 Å². The number of benzene rings is 2. The molecule has 0 aliphatic rings. The SMILES string of the molecule is O=C(N/N=C\c1ccccc1O)C(=O)Nc1cccc(Cl)c1. The molecule has 0 spiro atoms. The van der Waals surface area contributed by atoms with E-state index < -0.39 is 11.8 Å². The molecule has 0 heterocycles. The Bertz CT molecular complexity index is 731. The first-order valence-electron chi connectivity index (χ1n) is 6.24. The number of anilines is 1. The third kappa shape index (κ3) is 4.32. The molecule has 2 aromatic carbocycles. The molecule has 6 nitrogen and oxygen atoms in total. The number of rotatable bonds is 3. The van der Waals surface area contributed by atoms with Crippen LogP contribution in [-0.4, -0.2) is 23.1 Å². The Balaban J connectivity index is 1.92. The zero-order chi connectivity index (χ0) is 15.9. The summed E-state index contributed by atoms with van der Waals surface area (Å²) in [6.07, 6.45) is 1.24. The molecule has 2 amide bonds. The van der Waals surface area contributed by atoms with Gasteiger partial charge >= 0.3 is 11.8 Å². The summed E-state index contributed by atoms with van der Waals surface area (Å²) in [7, 11) is 0. The lowest BCUT2D eigenvalue weighted by molar-refractivity contribution is -0.136. The van der Waals surface area contributed by atoms with Gasteiger partial charge in [0.15, 0.2) is 0 Å². The average molecular weight is 318 g/mol. The van der Waals surface area contributed by atoms with Gasteiger partial charge in [-0.1, -0.05) is 29.8 Å². The van der Waals surface area contributed by atoms with Crippen LogP contribution in [0.3, 0.4) is 0 Å². The molecule has 0 atom stereocenters. The van der Waals surface area contributed by atoms with Gasteiger partial charge in [-0.05, 0) is 30.3 Å². The van der Waals surface area contributed by atoms with E-state index in [4.69, 9.17) is 11.6 Å². The summed E-state index contributed by atoms with van der Waals surface area (Å²) in [5.41, 5.74) is 2.88. The fraction of sp³-hybridized carbons (Fsp3) is 0. The first-order chi connectivity index (χ1) is 10.6. The van der Waals surface area contributed by atoms with Crippen LogP contribution < -0.4 is 10.7 Å². The number of carbonyl (C=O) groups is 2. The van der Waals surface area contributed by atoms with Gasteiger partial charge in [-0.15, -0.1) is 0 Å². The Kier molecular flexibility index (Phi) is 5.11. The lowest BCUT2D eigenvalue weighted by atomic mass is 10.2. The van der Waals surface area contributed by atoms with E-state index in [2.05, 4.69) is 15.8 Å². The molecule has 2 rings (SSSR count). The Hall–Kier alpha value is -2.86. The lowest BCUT2D eigenvalue weighted by Crippen LogP contribution is -2.32. The molecule has 0 saturated heterocycles. The molecule has 0 radical (unpaired) electrons. The number of carbonyl (C=O) groups excluding carboxylic acids is 2. The van der Waals surface area contributed by atoms with Crippen molar-refractivity contribution >= 4 is 35.3 Å². The van der Waals surface area contributed by atoms with E-state index in [0.29, 0.717) is 16.3 Å². The maximum absolute atomic E-state index is 11.6. The Labute approximate surface area is 131 Å². The molecular weight excluding hydrogens is 306 g/mol. The monoisotopic (exact) mass is 317 g/mol. The van der Waals surface area contributed by atoms with Gasteiger partial charge in [-0.25, -0.2) is 5.43 Å². The minimum Gasteiger partial charge on any atom is -0.507 e. The predicted molar refractivity (Wildman–Crippen MR) is 83.9 cm³/mol. The van der Waals surface area contributed by atoms with Crippen LogP contribution in [0.1, 0.15) is 5.56 Å². The number of para-hydroxylation sites is 1. The fourth-order valence-electron chi connectivity index (χ4n) is 1.56. The normalized spacial score (nSPS) is 10.4. The van der Waals surface area contributed by atoms with E-state index in [1.54, 1.807) is 36.4 Å². The number of hydrogen-bond donors (Lipinski definition) is 3.